The van der Waals surface area contributed by atoms with Crippen molar-refractivity contribution < 1.29 is 0 Å². The second kappa shape index (κ2) is 5.53. The number of rotatable bonds is 2. The van der Waals surface area contributed by atoms with Crippen LogP contribution in [0.2, 0.25) is 0 Å². The Morgan fingerprint density at radius 3 is 2.89 bits per heavy atom. The van der Waals surface area contributed by atoms with Crippen molar-refractivity contribution in [2.75, 3.05) is 5.32 Å². The standard InChI is InChI=1S/C15H17N3S/c19-15(17-12-5-1-2-6-12)18-14-7-3-4-11-10-16-9-8-13(11)14/h3-4,7-10,12H,1-2,5-6H2,(H2,17,18,19). The molecule has 1 heterocycles. The van der Waals surface area contributed by atoms with Crippen LogP contribution in [0.4, 0.5) is 5.69 Å². The highest BCUT2D eigenvalue weighted by Crippen LogP contribution is 2.22. The first-order chi connectivity index (χ1) is 9.33. The molecule has 3 rings (SSSR count). The Kier molecular flexibility index (Phi) is 3.60. The Labute approximate surface area is 118 Å². The highest BCUT2D eigenvalue weighted by atomic mass is 32.1. The number of hydrogen-bond acceptors (Lipinski definition) is 2. The summed E-state index contributed by atoms with van der Waals surface area (Å²) >= 11 is 5.40. The molecule has 1 saturated carbocycles. The van der Waals surface area contributed by atoms with Crippen LogP contribution < -0.4 is 10.6 Å². The molecule has 1 aliphatic rings. The van der Waals surface area contributed by atoms with E-state index in [2.05, 4.69) is 21.7 Å². The zero-order chi connectivity index (χ0) is 13.1. The lowest BCUT2D eigenvalue weighted by molar-refractivity contribution is 0.634. The van der Waals surface area contributed by atoms with Crippen LogP contribution in [0.5, 0.6) is 0 Å². The zero-order valence-corrected chi connectivity index (χ0v) is 11.5. The van der Waals surface area contributed by atoms with E-state index in [0.717, 1.165) is 21.6 Å². The van der Waals surface area contributed by atoms with E-state index in [9.17, 15) is 0 Å². The van der Waals surface area contributed by atoms with Gasteiger partial charge in [-0.25, -0.2) is 0 Å². The van der Waals surface area contributed by atoms with Gasteiger partial charge in [-0.05, 0) is 37.2 Å². The molecule has 0 radical (unpaired) electrons. The Morgan fingerprint density at radius 1 is 1.21 bits per heavy atom. The fourth-order valence-corrected chi connectivity index (χ4v) is 2.92. The Balaban J connectivity index is 1.75. The SMILES string of the molecule is S=C(Nc1cccc2cnccc12)NC1CCCC1. The molecule has 0 amide bonds. The number of nitrogens with zero attached hydrogens (tertiary/aromatic N) is 1. The fraction of sp³-hybridized carbons (Fsp3) is 0.333. The van der Waals surface area contributed by atoms with Gasteiger partial charge in [-0.1, -0.05) is 25.0 Å². The Morgan fingerprint density at radius 2 is 2.05 bits per heavy atom. The number of pyridine rings is 1. The summed E-state index contributed by atoms with van der Waals surface area (Å²) in [6.45, 7) is 0. The predicted octanol–water partition coefficient (Wildman–Crippen LogP) is 3.46. The van der Waals surface area contributed by atoms with E-state index in [1.807, 2.05) is 24.4 Å². The van der Waals surface area contributed by atoms with Crippen molar-refractivity contribution in [1.82, 2.24) is 10.3 Å². The normalized spacial score (nSPS) is 15.6. The maximum Gasteiger partial charge on any atom is 0.171 e. The third kappa shape index (κ3) is 2.84. The van der Waals surface area contributed by atoms with Crippen LogP contribution in [0.15, 0.2) is 36.7 Å². The van der Waals surface area contributed by atoms with Crippen LogP contribution in [0.3, 0.4) is 0 Å². The average molecular weight is 271 g/mol. The van der Waals surface area contributed by atoms with Crippen LogP contribution in [-0.4, -0.2) is 16.1 Å². The van der Waals surface area contributed by atoms with Gasteiger partial charge in [0.25, 0.3) is 0 Å². The lowest BCUT2D eigenvalue weighted by Crippen LogP contribution is -2.35. The second-order valence-electron chi connectivity index (χ2n) is 4.98. The first kappa shape index (κ1) is 12.4. The molecule has 1 aliphatic carbocycles. The van der Waals surface area contributed by atoms with Crippen molar-refractivity contribution in [3.05, 3.63) is 36.7 Å². The molecule has 1 aromatic heterocycles. The van der Waals surface area contributed by atoms with E-state index < -0.39 is 0 Å². The van der Waals surface area contributed by atoms with E-state index in [4.69, 9.17) is 12.2 Å². The number of hydrogen-bond donors (Lipinski definition) is 2. The molecule has 2 aromatic rings. The number of thiocarbonyl (C=S) groups is 1. The highest BCUT2D eigenvalue weighted by Gasteiger charge is 2.15. The molecular weight excluding hydrogens is 254 g/mol. The summed E-state index contributed by atoms with van der Waals surface area (Å²) in [5.41, 5.74) is 1.04. The molecular formula is C15H17N3S. The van der Waals surface area contributed by atoms with Crippen LogP contribution in [0.25, 0.3) is 10.8 Å². The van der Waals surface area contributed by atoms with Gasteiger partial charge in [-0.15, -0.1) is 0 Å². The molecule has 0 spiro atoms. The van der Waals surface area contributed by atoms with Gasteiger partial charge < -0.3 is 10.6 Å². The lowest BCUT2D eigenvalue weighted by atomic mass is 10.1. The smallest absolute Gasteiger partial charge is 0.171 e. The van der Waals surface area contributed by atoms with Crippen molar-refractivity contribution in [2.45, 2.75) is 31.7 Å². The van der Waals surface area contributed by atoms with Crippen molar-refractivity contribution in [3.63, 3.8) is 0 Å². The molecule has 4 heteroatoms. The maximum atomic E-state index is 5.40. The minimum Gasteiger partial charge on any atom is -0.360 e. The number of fused-ring (bicyclic) bond motifs is 1. The van der Waals surface area contributed by atoms with Crippen LogP contribution in [0, 0.1) is 0 Å². The third-order valence-corrected chi connectivity index (χ3v) is 3.84. The molecule has 0 bridgehead atoms. The highest BCUT2D eigenvalue weighted by molar-refractivity contribution is 7.80. The number of aromatic nitrogens is 1. The summed E-state index contributed by atoms with van der Waals surface area (Å²) in [5.74, 6) is 0. The minimum atomic E-state index is 0.539. The van der Waals surface area contributed by atoms with E-state index in [1.165, 1.54) is 25.7 Å². The van der Waals surface area contributed by atoms with Gasteiger partial charge in [-0.2, -0.15) is 0 Å². The minimum absolute atomic E-state index is 0.539. The quantitative estimate of drug-likeness (QED) is 0.820. The summed E-state index contributed by atoms with van der Waals surface area (Å²) in [6.07, 6.45) is 8.73. The summed E-state index contributed by atoms with van der Waals surface area (Å²) in [5, 5.41) is 9.69. The zero-order valence-electron chi connectivity index (χ0n) is 10.7. The molecule has 0 saturated heterocycles. The van der Waals surface area contributed by atoms with Crippen molar-refractivity contribution in [3.8, 4) is 0 Å². The van der Waals surface area contributed by atoms with Gasteiger partial charge in [0.1, 0.15) is 0 Å². The Bertz CT molecular complexity index is 585. The fourth-order valence-electron chi connectivity index (χ4n) is 2.65. The lowest BCUT2D eigenvalue weighted by Gasteiger charge is -2.16. The van der Waals surface area contributed by atoms with Crippen LogP contribution >= 0.6 is 12.2 Å². The molecule has 3 nitrogen and oxygen atoms in total. The molecule has 98 valence electrons. The first-order valence-corrected chi connectivity index (χ1v) is 7.14. The van der Waals surface area contributed by atoms with Gasteiger partial charge in [0.15, 0.2) is 5.11 Å². The molecule has 1 aromatic carbocycles. The summed E-state index contributed by atoms with van der Waals surface area (Å²) < 4.78 is 0. The van der Waals surface area contributed by atoms with E-state index >= 15 is 0 Å². The van der Waals surface area contributed by atoms with Gasteiger partial charge in [0, 0.05) is 34.9 Å². The summed E-state index contributed by atoms with van der Waals surface area (Å²) in [6, 6.07) is 8.67. The van der Waals surface area contributed by atoms with E-state index in [1.54, 1.807) is 6.20 Å². The first-order valence-electron chi connectivity index (χ1n) is 6.73. The molecule has 0 atom stereocenters. The van der Waals surface area contributed by atoms with Crippen molar-refractivity contribution in [2.24, 2.45) is 0 Å². The average Bonchev–Trinajstić information content (AvgIpc) is 2.92. The largest absolute Gasteiger partial charge is 0.360 e. The summed E-state index contributed by atoms with van der Waals surface area (Å²) in [7, 11) is 0. The van der Waals surface area contributed by atoms with Crippen LogP contribution in [0.1, 0.15) is 25.7 Å². The van der Waals surface area contributed by atoms with Crippen molar-refractivity contribution in [1.29, 1.82) is 0 Å². The van der Waals surface area contributed by atoms with E-state index in [-0.39, 0.29) is 0 Å². The predicted molar refractivity (Wildman–Crippen MR) is 83.4 cm³/mol. The number of anilines is 1. The van der Waals surface area contributed by atoms with Crippen molar-refractivity contribution >= 4 is 33.8 Å². The van der Waals surface area contributed by atoms with Gasteiger partial charge in [0.05, 0.1) is 0 Å². The topological polar surface area (TPSA) is 37.0 Å². The number of nitrogens with one attached hydrogen (secondary N) is 2. The van der Waals surface area contributed by atoms with Gasteiger partial charge in [-0.3, -0.25) is 4.98 Å². The van der Waals surface area contributed by atoms with Crippen LogP contribution in [-0.2, 0) is 0 Å². The van der Waals surface area contributed by atoms with Gasteiger partial charge >= 0.3 is 0 Å². The van der Waals surface area contributed by atoms with E-state index in [0.29, 0.717) is 6.04 Å². The van der Waals surface area contributed by atoms with Gasteiger partial charge in [0.2, 0.25) is 0 Å². The second-order valence-corrected chi connectivity index (χ2v) is 5.39. The monoisotopic (exact) mass is 271 g/mol. The molecule has 1 fully saturated rings. The molecule has 0 unspecified atom stereocenters. The molecule has 2 N–H and O–H groups in total. The summed E-state index contributed by atoms with van der Waals surface area (Å²) in [4.78, 5) is 4.14. The number of benzene rings is 1. The molecule has 19 heavy (non-hydrogen) atoms. The Hall–Kier alpha value is -1.68. The maximum absolute atomic E-state index is 5.40. The third-order valence-electron chi connectivity index (χ3n) is 3.62. The molecule has 0 aliphatic heterocycles.